The van der Waals surface area contributed by atoms with Crippen LogP contribution in [0.15, 0.2) is 29.1 Å². The van der Waals surface area contributed by atoms with Gasteiger partial charge in [0.15, 0.2) is 6.29 Å². The van der Waals surface area contributed by atoms with Gasteiger partial charge in [-0.15, -0.1) is 0 Å². The first-order chi connectivity index (χ1) is 10.1. The molecular weight excluding hydrogens is 274 g/mol. The Balaban J connectivity index is 2.20. The van der Waals surface area contributed by atoms with Crippen LogP contribution in [-0.4, -0.2) is 35.1 Å². The van der Waals surface area contributed by atoms with Gasteiger partial charge in [0, 0.05) is 11.5 Å². The molecule has 0 aliphatic carbocycles. The summed E-state index contributed by atoms with van der Waals surface area (Å²) in [4.78, 5) is 23.6. The maximum atomic E-state index is 12.2. The first kappa shape index (κ1) is 13.8. The zero-order valence-electron chi connectivity index (χ0n) is 11.5. The van der Waals surface area contributed by atoms with Crippen LogP contribution in [0.25, 0.3) is 10.9 Å². The van der Waals surface area contributed by atoms with Crippen LogP contribution >= 0.6 is 0 Å². The van der Waals surface area contributed by atoms with Gasteiger partial charge in [-0.1, -0.05) is 12.1 Å². The van der Waals surface area contributed by atoms with Crippen molar-refractivity contribution < 1.29 is 19.4 Å². The van der Waals surface area contributed by atoms with Gasteiger partial charge >= 0.3 is 5.97 Å². The van der Waals surface area contributed by atoms with Gasteiger partial charge in [0.2, 0.25) is 0 Å². The lowest BCUT2D eigenvalue weighted by Gasteiger charge is -2.15. The van der Waals surface area contributed by atoms with Gasteiger partial charge in [-0.2, -0.15) is 0 Å². The molecule has 0 bridgehead atoms. The molecule has 1 aromatic heterocycles. The molecule has 2 aromatic rings. The van der Waals surface area contributed by atoms with Gasteiger partial charge in [-0.3, -0.25) is 4.79 Å². The van der Waals surface area contributed by atoms with Crippen LogP contribution in [0.1, 0.15) is 15.9 Å². The molecule has 0 amide bonds. The second kappa shape index (κ2) is 5.31. The number of carboxylic acids is 1. The molecule has 0 saturated carbocycles. The summed E-state index contributed by atoms with van der Waals surface area (Å²) in [5, 5.41) is 9.79. The van der Waals surface area contributed by atoms with Gasteiger partial charge in [0.05, 0.1) is 30.8 Å². The van der Waals surface area contributed by atoms with E-state index < -0.39 is 12.3 Å². The average Bonchev–Trinajstić information content (AvgIpc) is 2.94. The van der Waals surface area contributed by atoms with Crippen LogP contribution in [0.3, 0.4) is 0 Å². The Kier molecular flexibility index (Phi) is 3.48. The molecule has 1 aliphatic heterocycles. The lowest BCUT2D eigenvalue weighted by atomic mass is 10.1. The number of pyridine rings is 1. The van der Waals surface area contributed by atoms with Gasteiger partial charge < -0.3 is 19.1 Å². The van der Waals surface area contributed by atoms with E-state index >= 15 is 0 Å². The number of ether oxygens (including phenoxy) is 2. The normalized spacial score (nSPS) is 15.7. The molecule has 2 heterocycles. The molecule has 0 spiro atoms. The smallest absolute Gasteiger partial charge is 0.336 e. The summed E-state index contributed by atoms with van der Waals surface area (Å²) >= 11 is 0. The predicted molar refractivity (Wildman–Crippen MR) is 75.6 cm³/mol. The van der Waals surface area contributed by atoms with Gasteiger partial charge in [0.25, 0.3) is 5.56 Å². The van der Waals surface area contributed by atoms with Crippen LogP contribution in [0, 0.1) is 6.92 Å². The number of aromatic nitrogens is 1. The molecular formula is C15H15NO5. The molecule has 110 valence electrons. The molecule has 3 rings (SSSR count). The third-order valence-corrected chi connectivity index (χ3v) is 3.52. The average molecular weight is 289 g/mol. The fourth-order valence-electron chi connectivity index (χ4n) is 2.52. The Morgan fingerprint density at radius 1 is 1.33 bits per heavy atom. The Morgan fingerprint density at radius 3 is 2.71 bits per heavy atom. The number of hydrogen-bond donors (Lipinski definition) is 1. The van der Waals surface area contributed by atoms with Crippen molar-refractivity contribution in [1.82, 2.24) is 4.57 Å². The number of nitrogens with zero attached hydrogens (tertiary/aromatic N) is 1. The summed E-state index contributed by atoms with van der Waals surface area (Å²) in [6.07, 6.45) is -0.470. The number of carboxylic acid groups (broad SMARTS) is 1. The molecule has 0 atom stereocenters. The molecule has 6 nitrogen and oxygen atoms in total. The summed E-state index contributed by atoms with van der Waals surface area (Å²) in [6, 6.07) is 6.50. The van der Waals surface area contributed by atoms with Crippen molar-refractivity contribution in [2.75, 3.05) is 13.2 Å². The number of hydrogen-bond acceptors (Lipinski definition) is 4. The van der Waals surface area contributed by atoms with Crippen molar-refractivity contribution >= 4 is 16.9 Å². The zero-order valence-corrected chi connectivity index (χ0v) is 11.5. The Bertz CT molecular complexity index is 758. The number of aryl methyl sites for hydroxylation is 1. The summed E-state index contributed by atoms with van der Waals surface area (Å²) in [6.45, 7) is 3.15. The zero-order chi connectivity index (χ0) is 15.0. The van der Waals surface area contributed by atoms with E-state index in [-0.39, 0.29) is 17.7 Å². The van der Waals surface area contributed by atoms with E-state index in [2.05, 4.69) is 0 Å². The SMILES string of the molecule is Cc1ccc2c(C(=O)O)cc(=O)n(CC3OCCO3)c2c1. The Morgan fingerprint density at radius 2 is 2.05 bits per heavy atom. The molecule has 21 heavy (non-hydrogen) atoms. The topological polar surface area (TPSA) is 77.8 Å². The van der Waals surface area contributed by atoms with Crippen LogP contribution in [-0.2, 0) is 16.0 Å². The summed E-state index contributed by atoms with van der Waals surface area (Å²) < 4.78 is 12.2. The minimum absolute atomic E-state index is 0.0134. The fourth-order valence-corrected chi connectivity index (χ4v) is 2.52. The fraction of sp³-hybridized carbons (Fsp3) is 0.333. The third kappa shape index (κ3) is 2.55. The van der Waals surface area contributed by atoms with E-state index in [9.17, 15) is 14.7 Å². The number of carbonyl (C=O) groups is 1. The minimum Gasteiger partial charge on any atom is -0.478 e. The first-order valence-corrected chi connectivity index (χ1v) is 6.67. The molecule has 0 radical (unpaired) electrons. The minimum atomic E-state index is -1.11. The lowest BCUT2D eigenvalue weighted by molar-refractivity contribution is -0.0522. The van der Waals surface area contributed by atoms with Crippen molar-refractivity contribution in [2.24, 2.45) is 0 Å². The maximum Gasteiger partial charge on any atom is 0.336 e. The second-order valence-electron chi connectivity index (χ2n) is 5.00. The second-order valence-corrected chi connectivity index (χ2v) is 5.00. The summed E-state index contributed by atoms with van der Waals surface area (Å²) in [5.74, 6) is -1.11. The predicted octanol–water partition coefficient (Wildman–Crippen LogP) is 1.38. The monoisotopic (exact) mass is 289 g/mol. The standard InChI is InChI=1S/C15H15NO5/c1-9-2-3-10-11(15(18)19)7-13(17)16(12(10)6-9)8-14-20-4-5-21-14/h2-3,6-7,14H,4-5,8H2,1H3,(H,18,19). The van der Waals surface area contributed by atoms with Crippen molar-refractivity contribution in [1.29, 1.82) is 0 Å². The van der Waals surface area contributed by atoms with E-state index in [1.165, 1.54) is 4.57 Å². The number of fused-ring (bicyclic) bond motifs is 1. The maximum absolute atomic E-state index is 12.2. The van der Waals surface area contributed by atoms with Crippen LogP contribution in [0.2, 0.25) is 0 Å². The van der Waals surface area contributed by atoms with Crippen molar-refractivity contribution in [3.05, 3.63) is 45.7 Å². The summed E-state index contributed by atoms with van der Waals surface area (Å²) in [7, 11) is 0. The van der Waals surface area contributed by atoms with Crippen molar-refractivity contribution in [3.8, 4) is 0 Å². The summed E-state index contributed by atoms with van der Waals surface area (Å²) in [5.41, 5.74) is 1.18. The van der Waals surface area contributed by atoms with Crippen LogP contribution < -0.4 is 5.56 Å². The highest BCUT2D eigenvalue weighted by atomic mass is 16.7. The van der Waals surface area contributed by atoms with E-state index in [4.69, 9.17) is 9.47 Å². The van der Waals surface area contributed by atoms with E-state index in [0.29, 0.717) is 24.1 Å². The molecule has 0 unspecified atom stereocenters. The van der Waals surface area contributed by atoms with E-state index in [1.54, 1.807) is 12.1 Å². The van der Waals surface area contributed by atoms with Gasteiger partial charge in [-0.25, -0.2) is 4.79 Å². The highest BCUT2D eigenvalue weighted by molar-refractivity contribution is 6.02. The third-order valence-electron chi connectivity index (χ3n) is 3.52. The molecule has 1 N–H and O–H groups in total. The van der Waals surface area contributed by atoms with Crippen molar-refractivity contribution in [3.63, 3.8) is 0 Å². The van der Waals surface area contributed by atoms with Gasteiger partial charge in [0.1, 0.15) is 0 Å². The van der Waals surface area contributed by atoms with E-state index in [0.717, 1.165) is 11.6 Å². The quantitative estimate of drug-likeness (QED) is 0.923. The molecule has 1 aliphatic rings. The molecule has 1 aromatic carbocycles. The van der Waals surface area contributed by atoms with E-state index in [1.807, 2.05) is 13.0 Å². The van der Waals surface area contributed by atoms with Crippen LogP contribution in [0.4, 0.5) is 0 Å². The molecule has 1 fully saturated rings. The lowest BCUT2D eigenvalue weighted by Crippen LogP contribution is -2.28. The van der Waals surface area contributed by atoms with Crippen molar-refractivity contribution in [2.45, 2.75) is 19.8 Å². The number of aromatic carboxylic acids is 1. The Labute approximate surface area is 120 Å². The molecule has 1 saturated heterocycles. The first-order valence-electron chi connectivity index (χ1n) is 6.67. The van der Waals surface area contributed by atoms with Gasteiger partial charge in [-0.05, 0) is 18.6 Å². The largest absolute Gasteiger partial charge is 0.478 e. The van der Waals surface area contributed by atoms with Crippen LogP contribution in [0.5, 0.6) is 0 Å². The highest BCUT2D eigenvalue weighted by Crippen LogP contribution is 2.20. The number of rotatable bonds is 3. The number of benzene rings is 1. The Hall–Kier alpha value is -2.18. The molecule has 6 heteroatoms. The highest BCUT2D eigenvalue weighted by Gasteiger charge is 2.20.